The number of aromatic nitrogens is 2. The van der Waals surface area contributed by atoms with E-state index in [1.54, 1.807) is 12.0 Å². The molecule has 134 valence electrons. The van der Waals surface area contributed by atoms with Crippen LogP contribution in [0.1, 0.15) is 43.6 Å². The minimum absolute atomic E-state index is 0.205. The van der Waals surface area contributed by atoms with Gasteiger partial charge in [-0.2, -0.15) is 0 Å². The van der Waals surface area contributed by atoms with Crippen LogP contribution >= 0.6 is 0 Å². The summed E-state index contributed by atoms with van der Waals surface area (Å²) in [7, 11) is 3.56. The van der Waals surface area contributed by atoms with Gasteiger partial charge in [-0.1, -0.05) is 31.0 Å². The summed E-state index contributed by atoms with van der Waals surface area (Å²) in [5.74, 6) is 0.906. The number of methoxy groups -OCH3 is 1. The SMILES string of the molecule is COCCC1(C(=O)N(C)Cc2nc(C)c3ccccc3n2)CCCC1. The van der Waals surface area contributed by atoms with Crippen molar-refractivity contribution >= 4 is 16.8 Å². The molecule has 0 atom stereocenters. The molecule has 1 aromatic carbocycles. The molecule has 0 radical (unpaired) electrons. The van der Waals surface area contributed by atoms with Gasteiger partial charge in [-0.3, -0.25) is 4.79 Å². The van der Waals surface area contributed by atoms with Crippen molar-refractivity contribution in [2.24, 2.45) is 5.41 Å². The zero-order valence-electron chi connectivity index (χ0n) is 15.4. The van der Waals surface area contributed by atoms with Gasteiger partial charge in [-0.25, -0.2) is 9.97 Å². The lowest BCUT2D eigenvalue weighted by Gasteiger charge is -2.32. The second-order valence-electron chi connectivity index (χ2n) is 7.13. The Morgan fingerprint density at radius 2 is 1.96 bits per heavy atom. The van der Waals surface area contributed by atoms with E-state index in [4.69, 9.17) is 4.74 Å². The molecule has 0 N–H and O–H groups in total. The highest BCUT2D eigenvalue weighted by Gasteiger charge is 2.42. The van der Waals surface area contributed by atoms with Gasteiger partial charge in [-0.15, -0.1) is 0 Å². The van der Waals surface area contributed by atoms with Gasteiger partial charge in [-0.05, 0) is 32.3 Å². The first-order valence-electron chi connectivity index (χ1n) is 9.02. The van der Waals surface area contributed by atoms with E-state index < -0.39 is 0 Å². The molecule has 0 spiro atoms. The first-order chi connectivity index (χ1) is 12.1. The predicted molar refractivity (Wildman–Crippen MR) is 98.1 cm³/mol. The number of hydrogen-bond acceptors (Lipinski definition) is 4. The number of ether oxygens (including phenoxy) is 1. The Morgan fingerprint density at radius 3 is 2.68 bits per heavy atom. The van der Waals surface area contributed by atoms with E-state index >= 15 is 0 Å². The third kappa shape index (κ3) is 3.66. The Morgan fingerprint density at radius 1 is 1.24 bits per heavy atom. The summed E-state index contributed by atoms with van der Waals surface area (Å²) >= 11 is 0. The molecule has 1 aliphatic carbocycles. The van der Waals surface area contributed by atoms with Crippen molar-refractivity contribution in [1.82, 2.24) is 14.9 Å². The van der Waals surface area contributed by atoms with Crippen molar-refractivity contribution in [3.05, 3.63) is 35.8 Å². The summed E-state index contributed by atoms with van der Waals surface area (Å²) in [4.78, 5) is 24.2. The lowest BCUT2D eigenvalue weighted by atomic mass is 9.81. The number of fused-ring (bicyclic) bond motifs is 1. The van der Waals surface area contributed by atoms with E-state index in [1.165, 1.54) is 0 Å². The number of para-hydroxylation sites is 1. The molecule has 0 bridgehead atoms. The standard InChI is InChI=1S/C20H27N3O2/c1-15-16-8-4-5-9-17(16)22-18(21-15)14-23(2)19(24)20(12-13-25-3)10-6-7-11-20/h4-5,8-9H,6-7,10-14H2,1-3H3. The quantitative estimate of drug-likeness (QED) is 0.807. The van der Waals surface area contributed by atoms with Crippen LogP contribution in [0.5, 0.6) is 0 Å². The Kier molecular flexibility index (Phi) is 5.33. The molecule has 25 heavy (non-hydrogen) atoms. The highest BCUT2D eigenvalue weighted by Crippen LogP contribution is 2.42. The first-order valence-corrected chi connectivity index (χ1v) is 9.02. The molecule has 1 saturated carbocycles. The van der Waals surface area contributed by atoms with Crippen molar-refractivity contribution in [3.8, 4) is 0 Å². The second kappa shape index (κ2) is 7.48. The van der Waals surface area contributed by atoms with Crippen LogP contribution in [0.3, 0.4) is 0 Å². The van der Waals surface area contributed by atoms with Crippen LogP contribution in [-0.4, -0.2) is 41.5 Å². The maximum Gasteiger partial charge on any atom is 0.229 e. The molecule has 2 aromatic rings. The van der Waals surface area contributed by atoms with Crippen molar-refractivity contribution < 1.29 is 9.53 Å². The molecule has 1 aliphatic rings. The predicted octanol–water partition coefficient (Wildman–Crippen LogP) is 3.49. The normalized spacial score (nSPS) is 16.3. The maximum atomic E-state index is 13.1. The number of hydrogen-bond donors (Lipinski definition) is 0. The van der Waals surface area contributed by atoms with Crippen molar-refractivity contribution in [2.45, 2.75) is 45.6 Å². The minimum atomic E-state index is -0.267. The van der Waals surface area contributed by atoms with Crippen LogP contribution in [-0.2, 0) is 16.1 Å². The molecule has 0 saturated heterocycles. The van der Waals surface area contributed by atoms with Gasteiger partial charge in [0, 0.05) is 31.8 Å². The zero-order valence-corrected chi connectivity index (χ0v) is 15.4. The number of rotatable bonds is 6. The molecule has 3 rings (SSSR count). The molecule has 1 heterocycles. The fraction of sp³-hybridized carbons (Fsp3) is 0.550. The summed E-state index contributed by atoms with van der Waals surface area (Å²) in [5.41, 5.74) is 1.62. The number of carbonyl (C=O) groups excluding carboxylic acids is 1. The Hall–Kier alpha value is -2.01. The number of amides is 1. The highest BCUT2D eigenvalue weighted by atomic mass is 16.5. The summed E-state index contributed by atoms with van der Waals surface area (Å²) in [6.07, 6.45) is 4.95. The molecular formula is C20H27N3O2. The van der Waals surface area contributed by atoms with Gasteiger partial charge in [0.1, 0.15) is 5.82 Å². The largest absolute Gasteiger partial charge is 0.385 e. The average Bonchev–Trinajstić information content (AvgIpc) is 3.09. The highest BCUT2D eigenvalue weighted by molar-refractivity contribution is 5.83. The molecule has 1 fully saturated rings. The Labute approximate surface area is 149 Å². The smallest absolute Gasteiger partial charge is 0.229 e. The fourth-order valence-electron chi connectivity index (χ4n) is 3.97. The fourth-order valence-corrected chi connectivity index (χ4v) is 3.97. The van der Waals surface area contributed by atoms with Gasteiger partial charge in [0.05, 0.1) is 17.5 Å². The van der Waals surface area contributed by atoms with Crippen LogP contribution in [0.2, 0.25) is 0 Å². The van der Waals surface area contributed by atoms with Gasteiger partial charge in [0.25, 0.3) is 0 Å². The molecule has 0 aliphatic heterocycles. The second-order valence-corrected chi connectivity index (χ2v) is 7.13. The number of carbonyl (C=O) groups is 1. The van der Waals surface area contributed by atoms with Crippen molar-refractivity contribution in [1.29, 1.82) is 0 Å². The van der Waals surface area contributed by atoms with E-state index in [0.717, 1.165) is 48.7 Å². The van der Waals surface area contributed by atoms with Crippen LogP contribution < -0.4 is 0 Å². The Bertz CT molecular complexity index is 754. The lowest BCUT2D eigenvalue weighted by Crippen LogP contribution is -2.41. The number of benzene rings is 1. The zero-order chi connectivity index (χ0) is 17.9. The lowest BCUT2D eigenvalue weighted by molar-refractivity contribution is -0.142. The van der Waals surface area contributed by atoms with Crippen LogP contribution in [0.4, 0.5) is 0 Å². The average molecular weight is 341 g/mol. The Balaban J connectivity index is 1.79. The van der Waals surface area contributed by atoms with E-state index in [2.05, 4.69) is 9.97 Å². The molecule has 1 aromatic heterocycles. The van der Waals surface area contributed by atoms with E-state index in [9.17, 15) is 4.79 Å². The van der Waals surface area contributed by atoms with Crippen LogP contribution in [0.25, 0.3) is 10.9 Å². The van der Waals surface area contributed by atoms with E-state index in [-0.39, 0.29) is 11.3 Å². The van der Waals surface area contributed by atoms with E-state index in [1.807, 2.05) is 38.2 Å². The number of nitrogens with zero attached hydrogens (tertiary/aromatic N) is 3. The summed E-state index contributed by atoms with van der Waals surface area (Å²) in [5, 5.41) is 1.06. The van der Waals surface area contributed by atoms with Gasteiger partial charge >= 0.3 is 0 Å². The third-order valence-electron chi connectivity index (χ3n) is 5.36. The molecular weight excluding hydrogens is 314 g/mol. The minimum Gasteiger partial charge on any atom is -0.385 e. The molecule has 5 heteroatoms. The topological polar surface area (TPSA) is 55.3 Å². The number of aryl methyl sites for hydroxylation is 1. The van der Waals surface area contributed by atoms with Gasteiger partial charge < -0.3 is 9.64 Å². The first kappa shape index (κ1) is 17.8. The molecule has 0 unspecified atom stereocenters. The monoisotopic (exact) mass is 341 g/mol. The van der Waals surface area contributed by atoms with Crippen molar-refractivity contribution in [2.75, 3.05) is 20.8 Å². The molecule has 5 nitrogen and oxygen atoms in total. The van der Waals surface area contributed by atoms with Crippen molar-refractivity contribution in [3.63, 3.8) is 0 Å². The van der Waals surface area contributed by atoms with Crippen LogP contribution in [0.15, 0.2) is 24.3 Å². The maximum absolute atomic E-state index is 13.1. The molecule has 1 amide bonds. The van der Waals surface area contributed by atoms with E-state index in [0.29, 0.717) is 19.0 Å². The summed E-state index contributed by atoms with van der Waals surface area (Å²) in [6, 6.07) is 7.99. The van der Waals surface area contributed by atoms with Crippen LogP contribution in [0, 0.1) is 12.3 Å². The summed E-state index contributed by atoms with van der Waals surface area (Å²) < 4.78 is 5.25. The van der Waals surface area contributed by atoms with Gasteiger partial charge in [0.2, 0.25) is 5.91 Å². The third-order valence-corrected chi connectivity index (χ3v) is 5.36. The summed E-state index contributed by atoms with van der Waals surface area (Å²) in [6.45, 7) is 3.07. The van der Waals surface area contributed by atoms with Gasteiger partial charge in [0.15, 0.2) is 0 Å².